The maximum absolute atomic E-state index is 13.7. The van der Waals surface area contributed by atoms with Crippen molar-refractivity contribution in [3.63, 3.8) is 0 Å². The van der Waals surface area contributed by atoms with Crippen LogP contribution in [0, 0.1) is 5.92 Å². The Labute approximate surface area is 174 Å². The Kier molecular flexibility index (Phi) is 4.62. The van der Waals surface area contributed by atoms with Crippen molar-refractivity contribution in [1.82, 2.24) is 4.90 Å². The summed E-state index contributed by atoms with van der Waals surface area (Å²) in [6.45, 7) is 0.542. The minimum Gasteiger partial charge on any atom is -0.490 e. The van der Waals surface area contributed by atoms with Gasteiger partial charge in [0, 0.05) is 5.92 Å². The molecule has 0 radical (unpaired) electrons. The summed E-state index contributed by atoms with van der Waals surface area (Å²) in [6, 6.07) is 18.2. The molecular formula is C24H21NO5. The van der Waals surface area contributed by atoms with E-state index < -0.39 is 29.9 Å². The zero-order valence-electron chi connectivity index (χ0n) is 16.3. The molecule has 1 fully saturated rings. The van der Waals surface area contributed by atoms with Gasteiger partial charge in [-0.3, -0.25) is 9.59 Å². The van der Waals surface area contributed by atoms with E-state index >= 15 is 0 Å². The highest BCUT2D eigenvalue weighted by Crippen LogP contribution is 2.47. The first-order valence-electron chi connectivity index (χ1n) is 10.2. The number of allylic oxidation sites excluding steroid dienone is 2. The molecule has 5 rings (SSSR count). The van der Waals surface area contributed by atoms with E-state index in [9.17, 15) is 14.4 Å². The molecule has 0 unspecified atom stereocenters. The van der Waals surface area contributed by atoms with Crippen molar-refractivity contribution >= 4 is 17.8 Å². The Hall–Kier alpha value is -3.41. The number of amides is 2. The Morgan fingerprint density at radius 3 is 2.27 bits per heavy atom. The lowest BCUT2D eigenvalue weighted by molar-refractivity contribution is -0.139. The van der Waals surface area contributed by atoms with Gasteiger partial charge in [-0.2, -0.15) is 0 Å². The third-order valence-electron chi connectivity index (χ3n) is 6.06. The molecule has 6 heteroatoms. The molecule has 2 aromatic rings. The van der Waals surface area contributed by atoms with E-state index in [-0.39, 0.29) is 12.4 Å². The second-order valence-corrected chi connectivity index (χ2v) is 7.75. The SMILES string of the molecule is O=C1C2=C(CCCO2)[C@@H](c2ccccc2)[C@H]1C(=O)N1C(=O)OC[C@@H]1c1ccccc1. The van der Waals surface area contributed by atoms with E-state index in [0.717, 1.165) is 28.0 Å². The van der Waals surface area contributed by atoms with Crippen LogP contribution in [0.15, 0.2) is 72.0 Å². The van der Waals surface area contributed by atoms with Crippen LogP contribution in [0.5, 0.6) is 0 Å². The number of nitrogens with zero attached hydrogens (tertiary/aromatic N) is 1. The minimum atomic E-state index is -1.02. The summed E-state index contributed by atoms with van der Waals surface area (Å²) in [4.78, 5) is 40.7. The number of hydrogen-bond donors (Lipinski definition) is 0. The van der Waals surface area contributed by atoms with Gasteiger partial charge in [0.15, 0.2) is 5.76 Å². The van der Waals surface area contributed by atoms with Gasteiger partial charge in [0.05, 0.1) is 6.61 Å². The molecule has 3 aliphatic rings. The standard InChI is InChI=1S/C24H21NO5/c26-21-20(19(16-10-5-2-6-11-16)17-12-7-13-29-22(17)21)23(27)25-18(14-30-24(25)28)15-8-3-1-4-9-15/h1-6,8-11,18-20H,7,12-14H2/t18-,19-,20-/m1/s1. The fourth-order valence-corrected chi connectivity index (χ4v) is 4.71. The molecule has 2 amide bonds. The van der Waals surface area contributed by atoms with Crippen LogP contribution in [-0.2, 0) is 19.1 Å². The molecule has 6 nitrogen and oxygen atoms in total. The number of carbonyl (C=O) groups excluding carboxylic acids is 3. The summed E-state index contributed by atoms with van der Waals surface area (Å²) in [5.41, 5.74) is 2.54. The quantitative estimate of drug-likeness (QED) is 0.730. The number of imide groups is 1. The van der Waals surface area contributed by atoms with Crippen molar-refractivity contribution in [3.8, 4) is 0 Å². The summed E-state index contributed by atoms with van der Waals surface area (Å²) in [6.07, 6.45) is 0.797. The Morgan fingerprint density at radius 1 is 0.900 bits per heavy atom. The predicted octanol–water partition coefficient (Wildman–Crippen LogP) is 3.75. The van der Waals surface area contributed by atoms with Crippen LogP contribution in [0.2, 0.25) is 0 Å². The molecular weight excluding hydrogens is 382 g/mol. The lowest BCUT2D eigenvalue weighted by Gasteiger charge is -2.27. The highest BCUT2D eigenvalue weighted by atomic mass is 16.6. The topological polar surface area (TPSA) is 72.9 Å². The molecule has 0 saturated carbocycles. The van der Waals surface area contributed by atoms with Gasteiger partial charge in [-0.25, -0.2) is 9.69 Å². The Morgan fingerprint density at radius 2 is 1.57 bits per heavy atom. The molecule has 30 heavy (non-hydrogen) atoms. The molecule has 1 aliphatic carbocycles. The lowest BCUT2D eigenvalue weighted by Crippen LogP contribution is -2.42. The van der Waals surface area contributed by atoms with E-state index in [4.69, 9.17) is 9.47 Å². The summed E-state index contributed by atoms with van der Waals surface area (Å²) >= 11 is 0. The van der Waals surface area contributed by atoms with E-state index in [1.165, 1.54) is 0 Å². The molecule has 0 N–H and O–H groups in total. The fourth-order valence-electron chi connectivity index (χ4n) is 4.71. The normalized spacial score (nSPS) is 25.7. The van der Waals surface area contributed by atoms with Crippen molar-refractivity contribution in [1.29, 1.82) is 0 Å². The average molecular weight is 403 g/mol. The van der Waals surface area contributed by atoms with Crippen LogP contribution < -0.4 is 0 Å². The van der Waals surface area contributed by atoms with Gasteiger partial charge in [-0.15, -0.1) is 0 Å². The van der Waals surface area contributed by atoms with Crippen molar-refractivity contribution in [3.05, 3.63) is 83.1 Å². The number of ketones is 1. The van der Waals surface area contributed by atoms with Gasteiger partial charge in [0.1, 0.15) is 18.6 Å². The van der Waals surface area contributed by atoms with Gasteiger partial charge >= 0.3 is 6.09 Å². The van der Waals surface area contributed by atoms with Gasteiger partial charge in [0.2, 0.25) is 11.7 Å². The van der Waals surface area contributed by atoms with Crippen LogP contribution in [-0.4, -0.2) is 35.9 Å². The average Bonchev–Trinajstić information content (AvgIpc) is 3.32. The molecule has 0 spiro atoms. The number of cyclic esters (lactones) is 1. The van der Waals surface area contributed by atoms with Crippen molar-refractivity contribution in [2.75, 3.05) is 13.2 Å². The maximum Gasteiger partial charge on any atom is 0.417 e. The molecule has 2 aromatic carbocycles. The highest BCUT2D eigenvalue weighted by molar-refractivity contribution is 6.15. The van der Waals surface area contributed by atoms with Crippen LogP contribution in [0.3, 0.4) is 0 Å². The van der Waals surface area contributed by atoms with Gasteiger partial charge in [0.25, 0.3) is 0 Å². The highest BCUT2D eigenvalue weighted by Gasteiger charge is 2.53. The second-order valence-electron chi connectivity index (χ2n) is 7.75. The Balaban J connectivity index is 1.55. The third-order valence-corrected chi connectivity index (χ3v) is 6.06. The summed E-state index contributed by atoms with van der Waals surface area (Å²) in [5.74, 6) is -2.01. The largest absolute Gasteiger partial charge is 0.490 e. The first-order chi connectivity index (χ1) is 14.7. The summed E-state index contributed by atoms with van der Waals surface area (Å²) in [7, 11) is 0. The third kappa shape index (κ3) is 2.91. The van der Waals surface area contributed by atoms with Crippen molar-refractivity contribution in [2.24, 2.45) is 5.92 Å². The van der Waals surface area contributed by atoms with Gasteiger partial charge in [-0.1, -0.05) is 60.7 Å². The number of ether oxygens (including phenoxy) is 2. The molecule has 1 saturated heterocycles. The monoisotopic (exact) mass is 403 g/mol. The first-order valence-corrected chi connectivity index (χ1v) is 10.2. The zero-order valence-corrected chi connectivity index (χ0v) is 16.3. The zero-order chi connectivity index (χ0) is 20.7. The summed E-state index contributed by atoms with van der Waals surface area (Å²) < 4.78 is 10.9. The maximum atomic E-state index is 13.7. The van der Waals surface area contributed by atoms with E-state index in [1.807, 2.05) is 60.7 Å². The van der Waals surface area contributed by atoms with Crippen molar-refractivity contribution in [2.45, 2.75) is 24.8 Å². The molecule has 2 heterocycles. The molecule has 2 aliphatic heterocycles. The molecule has 152 valence electrons. The van der Waals surface area contributed by atoms with Crippen LogP contribution in [0.4, 0.5) is 4.79 Å². The summed E-state index contributed by atoms with van der Waals surface area (Å²) in [5, 5.41) is 0. The molecule has 0 bridgehead atoms. The number of benzene rings is 2. The first kappa shape index (κ1) is 18.6. The number of rotatable bonds is 3. The number of hydrogen-bond acceptors (Lipinski definition) is 5. The van der Waals surface area contributed by atoms with Crippen LogP contribution in [0.25, 0.3) is 0 Å². The van der Waals surface area contributed by atoms with Gasteiger partial charge in [-0.05, 0) is 29.5 Å². The molecule has 0 aromatic heterocycles. The Bertz CT molecular complexity index is 1030. The fraction of sp³-hybridized carbons (Fsp3) is 0.292. The lowest BCUT2D eigenvalue weighted by atomic mass is 9.82. The second kappa shape index (κ2) is 7.44. The predicted molar refractivity (Wildman–Crippen MR) is 107 cm³/mol. The minimum absolute atomic E-state index is 0.0785. The number of Topliss-reactive ketones (excluding diaryl/α,β-unsaturated/α-hetero) is 1. The van der Waals surface area contributed by atoms with Crippen molar-refractivity contribution < 1.29 is 23.9 Å². The van der Waals surface area contributed by atoms with Gasteiger partial charge < -0.3 is 9.47 Å². The van der Waals surface area contributed by atoms with E-state index in [1.54, 1.807) is 0 Å². The van der Waals surface area contributed by atoms with E-state index in [0.29, 0.717) is 18.8 Å². The van der Waals surface area contributed by atoms with Crippen LogP contribution in [0.1, 0.15) is 35.9 Å². The van der Waals surface area contributed by atoms with Crippen LogP contribution >= 0.6 is 0 Å². The molecule has 3 atom stereocenters. The smallest absolute Gasteiger partial charge is 0.417 e. The number of carbonyl (C=O) groups is 3. The van der Waals surface area contributed by atoms with E-state index in [2.05, 4.69) is 0 Å².